The number of nitrogens with zero attached hydrogens (tertiary/aromatic N) is 4. The van der Waals surface area contributed by atoms with Crippen molar-refractivity contribution in [2.24, 2.45) is 5.92 Å². The maximum Gasteiger partial charge on any atom is 0.417 e. The van der Waals surface area contributed by atoms with Crippen LogP contribution in [0, 0.1) is 17.2 Å². The number of thiocarbonyl (C=S) groups is 1. The van der Waals surface area contributed by atoms with Gasteiger partial charge in [-0.2, -0.15) is 18.4 Å². The van der Waals surface area contributed by atoms with E-state index in [-0.39, 0.29) is 30.5 Å². The van der Waals surface area contributed by atoms with Crippen LogP contribution in [0.2, 0.25) is 5.02 Å². The van der Waals surface area contributed by atoms with Gasteiger partial charge in [-0.1, -0.05) is 30.7 Å². The first-order chi connectivity index (χ1) is 27.9. The van der Waals surface area contributed by atoms with Gasteiger partial charge in [0.1, 0.15) is 17.3 Å². The normalized spacial score (nSPS) is 16.4. The molecule has 2 aliphatic heterocycles. The summed E-state index contributed by atoms with van der Waals surface area (Å²) in [6.07, 6.45) is -0.933. The molecule has 2 fully saturated rings. The Bertz CT molecular complexity index is 2120. The molecule has 59 heavy (non-hydrogen) atoms. The van der Waals surface area contributed by atoms with Gasteiger partial charge >= 0.3 is 6.18 Å². The molecule has 4 amide bonds. The summed E-state index contributed by atoms with van der Waals surface area (Å²) in [7, 11) is 1.38. The standard InChI is InChI=1S/C42H47ClF3N7O5S/c1-5-27-18-33(53(25-59)41(2,3)40(57)51(4)32-7-6-28(23-47)34(22-32)42(44,45)46)8-10-36(27)58-17-14-26-12-15-52(16-13-26)24-38(55)49-31-20-29(43)19-30(21-31)48-35-9-11-37(54)50-39(35)56/h6-8,10,18-22,25-26,35,48H,5,9,11-17,24H2,1-4H3,(H,49,55)(H,50,54,56). The van der Waals surface area contributed by atoms with Crippen LogP contribution in [0.1, 0.15) is 69.6 Å². The zero-order valence-electron chi connectivity index (χ0n) is 33.2. The third-order valence-corrected chi connectivity index (χ3v) is 11.1. The van der Waals surface area contributed by atoms with Gasteiger partial charge in [-0.3, -0.25) is 29.4 Å². The molecule has 3 aromatic rings. The van der Waals surface area contributed by atoms with Gasteiger partial charge in [0.2, 0.25) is 17.7 Å². The van der Waals surface area contributed by atoms with Crippen molar-refractivity contribution in [2.75, 3.05) is 53.7 Å². The summed E-state index contributed by atoms with van der Waals surface area (Å²) in [4.78, 5) is 55.2. The molecule has 0 radical (unpaired) electrons. The van der Waals surface area contributed by atoms with Gasteiger partial charge in [0.25, 0.3) is 5.91 Å². The molecule has 0 saturated carbocycles. The molecule has 2 saturated heterocycles. The second-order valence-electron chi connectivity index (χ2n) is 15.2. The number of piperidine rings is 2. The Labute approximate surface area is 352 Å². The summed E-state index contributed by atoms with van der Waals surface area (Å²) in [5.74, 6) is -0.304. The highest BCUT2D eigenvalue weighted by Gasteiger charge is 2.39. The van der Waals surface area contributed by atoms with Gasteiger partial charge in [-0.15, -0.1) is 0 Å². The van der Waals surface area contributed by atoms with Gasteiger partial charge in [-0.05, 0) is 125 Å². The van der Waals surface area contributed by atoms with Crippen molar-refractivity contribution in [1.82, 2.24) is 10.2 Å². The minimum atomic E-state index is -4.77. The number of carbonyl (C=O) groups is 4. The molecule has 0 bridgehead atoms. The molecule has 0 spiro atoms. The van der Waals surface area contributed by atoms with E-state index >= 15 is 0 Å². The number of carbonyl (C=O) groups excluding carboxylic acids is 4. The van der Waals surface area contributed by atoms with E-state index in [1.165, 1.54) is 18.6 Å². The average molecular weight is 854 g/mol. The predicted octanol–water partition coefficient (Wildman–Crippen LogP) is 7.33. The lowest BCUT2D eigenvalue weighted by molar-refractivity contribution is -0.138. The Morgan fingerprint density at radius 2 is 1.75 bits per heavy atom. The van der Waals surface area contributed by atoms with Gasteiger partial charge in [0.05, 0.1) is 35.8 Å². The van der Waals surface area contributed by atoms with E-state index in [1.54, 1.807) is 49.1 Å². The molecule has 1 unspecified atom stereocenters. The zero-order valence-corrected chi connectivity index (χ0v) is 34.8. The highest BCUT2D eigenvalue weighted by atomic mass is 35.5. The number of hydrogen-bond acceptors (Lipinski definition) is 9. The number of aryl methyl sites for hydroxylation is 1. The van der Waals surface area contributed by atoms with Crippen molar-refractivity contribution in [2.45, 2.75) is 77.1 Å². The van der Waals surface area contributed by atoms with E-state index in [2.05, 4.69) is 20.9 Å². The van der Waals surface area contributed by atoms with Crippen LogP contribution in [0.5, 0.6) is 5.75 Å². The fourth-order valence-corrected chi connectivity index (χ4v) is 7.92. The van der Waals surface area contributed by atoms with Crippen molar-refractivity contribution in [3.63, 3.8) is 0 Å². The zero-order chi connectivity index (χ0) is 43.1. The molecule has 5 rings (SSSR count). The number of nitriles is 1. The molecule has 2 aliphatic rings. The number of anilines is 4. The lowest BCUT2D eigenvalue weighted by Crippen LogP contribution is -2.55. The highest BCUT2D eigenvalue weighted by Crippen LogP contribution is 2.36. The fourth-order valence-electron chi connectivity index (χ4n) is 7.30. The second-order valence-corrected chi connectivity index (χ2v) is 15.8. The Morgan fingerprint density at radius 3 is 2.39 bits per heavy atom. The number of ether oxygens (including phenoxy) is 1. The number of nitrogens with one attached hydrogen (secondary N) is 3. The van der Waals surface area contributed by atoms with Crippen molar-refractivity contribution in [1.29, 1.82) is 5.26 Å². The lowest BCUT2D eigenvalue weighted by atomic mass is 9.94. The van der Waals surface area contributed by atoms with Crippen molar-refractivity contribution in [3.05, 3.63) is 76.3 Å². The van der Waals surface area contributed by atoms with E-state index in [9.17, 15) is 37.6 Å². The van der Waals surface area contributed by atoms with Gasteiger partial charge in [0, 0.05) is 41.2 Å². The molecule has 314 valence electrons. The number of likely N-dealkylation sites (tertiary alicyclic amines) is 1. The Kier molecular flexibility index (Phi) is 14.6. The minimum Gasteiger partial charge on any atom is -0.493 e. The minimum absolute atomic E-state index is 0.0141. The third kappa shape index (κ3) is 11.3. The van der Waals surface area contributed by atoms with Gasteiger partial charge < -0.3 is 25.2 Å². The van der Waals surface area contributed by atoms with Crippen molar-refractivity contribution >= 4 is 75.7 Å². The Hall–Kier alpha value is -5.24. The number of imide groups is 1. The highest BCUT2D eigenvalue weighted by molar-refractivity contribution is 7.79. The van der Waals surface area contributed by atoms with Gasteiger partial charge in [0.15, 0.2) is 0 Å². The van der Waals surface area contributed by atoms with E-state index < -0.39 is 40.7 Å². The topological polar surface area (TPSA) is 147 Å². The average Bonchev–Trinajstić information content (AvgIpc) is 3.18. The van der Waals surface area contributed by atoms with Crippen LogP contribution in [0.25, 0.3) is 0 Å². The quantitative estimate of drug-likeness (QED) is 0.105. The molecule has 2 heterocycles. The maximum atomic E-state index is 13.8. The molecule has 3 aromatic carbocycles. The molecule has 0 aliphatic carbocycles. The first-order valence-electron chi connectivity index (χ1n) is 19.3. The Balaban J connectivity index is 1.11. The third-order valence-electron chi connectivity index (χ3n) is 10.7. The summed E-state index contributed by atoms with van der Waals surface area (Å²) >= 11 is 11.6. The molecular formula is C42H47ClF3N7O5S. The predicted molar refractivity (Wildman–Crippen MR) is 225 cm³/mol. The summed E-state index contributed by atoms with van der Waals surface area (Å²) in [6, 6.07) is 14.6. The van der Waals surface area contributed by atoms with Crippen LogP contribution in [0.4, 0.5) is 35.9 Å². The van der Waals surface area contributed by atoms with Crippen LogP contribution in [0.15, 0.2) is 54.6 Å². The van der Waals surface area contributed by atoms with Crippen LogP contribution in [0.3, 0.4) is 0 Å². The number of halogens is 4. The number of hydrogen-bond donors (Lipinski definition) is 3. The van der Waals surface area contributed by atoms with Crippen molar-refractivity contribution in [3.8, 4) is 11.8 Å². The van der Waals surface area contributed by atoms with E-state index in [4.69, 9.17) is 28.6 Å². The monoisotopic (exact) mass is 853 g/mol. The molecule has 0 aromatic heterocycles. The van der Waals surface area contributed by atoms with E-state index in [0.29, 0.717) is 53.2 Å². The van der Waals surface area contributed by atoms with E-state index in [0.717, 1.165) is 54.9 Å². The molecule has 17 heteroatoms. The first kappa shape index (κ1) is 44.9. The molecule has 1 atom stereocenters. The largest absolute Gasteiger partial charge is 0.493 e. The number of amides is 4. The van der Waals surface area contributed by atoms with Gasteiger partial charge in [-0.25, -0.2) is 0 Å². The summed E-state index contributed by atoms with van der Waals surface area (Å²) in [5, 5.41) is 17.9. The molecule has 12 nitrogen and oxygen atoms in total. The van der Waals surface area contributed by atoms with Crippen molar-refractivity contribution < 1.29 is 37.1 Å². The summed E-state index contributed by atoms with van der Waals surface area (Å²) < 4.78 is 47.2. The summed E-state index contributed by atoms with van der Waals surface area (Å²) in [5.41, 5.74) is 0.927. The lowest BCUT2D eigenvalue weighted by Gasteiger charge is -2.38. The number of rotatable bonds is 15. The van der Waals surface area contributed by atoms with Crippen LogP contribution in [-0.4, -0.2) is 78.9 Å². The smallest absolute Gasteiger partial charge is 0.417 e. The fraction of sp³-hybridized carbons (Fsp3) is 0.429. The SMILES string of the molecule is CCc1cc(N(C=S)C(C)(C)C(=O)N(C)c2ccc(C#N)c(C(F)(F)F)c2)ccc1OCCC1CCN(CC(=O)Nc2cc(Cl)cc(NC3CCC(=O)NC3=O)c2)CC1. The van der Waals surface area contributed by atoms with E-state index in [1.807, 2.05) is 19.1 Å². The van der Waals surface area contributed by atoms with Crippen LogP contribution in [-0.2, 0) is 31.8 Å². The van der Waals surface area contributed by atoms with Crippen LogP contribution >= 0.6 is 23.8 Å². The first-order valence-corrected chi connectivity index (χ1v) is 20.1. The van der Waals surface area contributed by atoms with Crippen LogP contribution < -0.4 is 30.5 Å². The number of alkyl halides is 3. The molecular weight excluding hydrogens is 807 g/mol. The molecule has 3 N–H and O–H groups in total. The number of likely N-dealkylation sites (N-methyl/N-ethyl adjacent to an activating group) is 1. The second kappa shape index (κ2) is 19.2. The number of benzene rings is 3. The Morgan fingerprint density at radius 1 is 1.05 bits per heavy atom. The maximum absolute atomic E-state index is 13.8. The summed E-state index contributed by atoms with van der Waals surface area (Å²) in [6.45, 7) is 7.44.